The fraction of sp³-hybridized carbons (Fsp3) is 0.364. The molecule has 0 radical (unpaired) electrons. The predicted octanol–water partition coefficient (Wildman–Crippen LogP) is 3.15. The van der Waals surface area contributed by atoms with Gasteiger partial charge in [0.05, 0.1) is 0 Å². The van der Waals surface area contributed by atoms with E-state index in [1.54, 1.807) is 4.90 Å². The molecule has 1 atom stereocenters. The van der Waals surface area contributed by atoms with E-state index in [1.807, 2.05) is 25.1 Å². The van der Waals surface area contributed by atoms with Crippen LogP contribution in [0, 0.1) is 6.92 Å². The van der Waals surface area contributed by atoms with Crippen LogP contribution in [0.1, 0.15) is 12.0 Å². The van der Waals surface area contributed by atoms with Crippen LogP contribution in [-0.2, 0) is 4.79 Å². The molecule has 0 aromatic heterocycles. The zero-order chi connectivity index (χ0) is 11.0. The van der Waals surface area contributed by atoms with Crippen LogP contribution < -0.4 is 4.90 Å². The van der Waals surface area contributed by atoms with Gasteiger partial charge < -0.3 is 4.90 Å². The van der Waals surface area contributed by atoms with Gasteiger partial charge in [-0.15, -0.1) is 0 Å². The van der Waals surface area contributed by atoms with Crippen molar-refractivity contribution in [2.45, 2.75) is 18.2 Å². The summed E-state index contributed by atoms with van der Waals surface area (Å²) in [6.45, 7) is 2.69. The molecule has 1 aromatic rings. The topological polar surface area (TPSA) is 20.3 Å². The Balaban J connectivity index is 2.33. The van der Waals surface area contributed by atoms with E-state index in [1.165, 1.54) is 0 Å². The number of anilines is 1. The minimum absolute atomic E-state index is 0.151. The van der Waals surface area contributed by atoms with Crippen molar-refractivity contribution in [2.75, 3.05) is 11.4 Å². The maximum absolute atomic E-state index is 11.7. The zero-order valence-corrected chi connectivity index (χ0v) is 10.7. The Morgan fingerprint density at radius 1 is 1.47 bits per heavy atom. The molecule has 1 amide bonds. The van der Waals surface area contributed by atoms with Crippen LogP contribution in [0.25, 0.3) is 0 Å². The van der Waals surface area contributed by atoms with Crippen molar-refractivity contribution in [2.24, 2.45) is 0 Å². The van der Waals surface area contributed by atoms with Crippen molar-refractivity contribution >= 4 is 39.1 Å². The summed E-state index contributed by atoms with van der Waals surface area (Å²) in [5.74, 6) is 0.151. The molecule has 1 heterocycles. The molecule has 80 valence electrons. The van der Waals surface area contributed by atoms with E-state index in [0.29, 0.717) is 11.4 Å². The second-order valence-electron chi connectivity index (χ2n) is 3.79. The van der Waals surface area contributed by atoms with Gasteiger partial charge in [-0.2, -0.15) is 0 Å². The quantitative estimate of drug-likeness (QED) is 0.727. The van der Waals surface area contributed by atoms with Crippen LogP contribution in [0.5, 0.6) is 0 Å². The first-order chi connectivity index (χ1) is 7.06. The Morgan fingerprint density at radius 2 is 2.20 bits per heavy atom. The lowest BCUT2D eigenvalue weighted by molar-refractivity contribution is -0.117. The van der Waals surface area contributed by atoms with Crippen molar-refractivity contribution in [1.29, 1.82) is 0 Å². The molecule has 1 fully saturated rings. The number of carbonyl (C=O) groups is 1. The van der Waals surface area contributed by atoms with Crippen molar-refractivity contribution < 1.29 is 4.79 Å². The number of hydrogen-bond donors (Lipinski definition) is 0. The molecule has 2 rings (SSSR count). The number of carbonyl (C=O) groups excluding carboxylic acids is 1. The van der Waals surface area contributed by atoms with Gasteiger partial charge >= 0.3 is 0 Å². The molecule has 1 aliphatic rings. The Hall–Kier alpha value is -0.540. The highest BCUT2D eigenvalue weighted by atomic mass is 79.9. The summed E-state index contributed by atoms with van der Waals surface area (Å²) in [7, 11) is 0. The molecule has 1 saturated heterocycles. The Bertz CT molecular complexity index is 387. The monoisotopic (exact) mass is 287 g/mol. The highest BCUT2D eigenvalue weighted by Crippen LogP contribution is 2.28. The number of benzene rings is 1. The first kappa shape index (κ1) is 11.0. The van der Waals surface area contributed by atoms with Crippen LogP contribution in [0.3, 0.4) is 0 Å². The lowest BCUT2D eigenvalue weighted by Crippen LogP contribution is -2.24. The smallest absolute Gasteiger partial charge is 0.228 e. The zero-order valence-electron chi connectivity index (χ0n) is 8.34. The SMILES string of the molecule is Cc1cc(Cl)cc(N2CC(Br)CC2=O)c1. The summed E-state index contributed by atoms with van der Waals surface area (Å²) in [5, 5.41) is 0.677. The number of hydrogen-bond acceptors (Lipinski definition) is 1. The second kappa shape index (κ2) is 4.14. The van der Waals surface area contributed by atoms with Crippen LogP contribution >= 0.6 is 27.5 Å². The van der Waals surface area contributed by atoms with Crippen molar-refractivity contribution in [3.05, 3.63) is 28.8 Å². The summed E-state index contributed by atoms with van der Waals surface area (Å²) in [6, 6.07) is 5.70. The number of nitrogens with zero attached hydrogens (tertiary/aromatic N) is 1. The van der Waals surface area contributed by atoms with E-state index in [4.69, 9.17) is 11.6 Å². The van der Waals surface area contributed by atoms with Gasteiger partial charge in [-0.05, 0) is 30.7 Å². The fourth-order valence-electron chi connectivity index (χ4n) is 1.79. The molecular weight excluding hydrogens is 277 g/mol. The standard InChI is InChI=1S/C11H11BrClNO/c1-7-2-9(13)5-10(3-7)14-6-8(12)4-11(14)15/h2-3,5,8H,4,6H2,1H3. The van der Waals surface area contributed by atoms with Gasteiger partial charge in [0.15, 0.2) is 0 Å². The molecular formula is C11H11BrClNO. The normalized spacial score (nSPS) is 21.1. The van der Waals surface area contributed by atoms with Crippen molar-refractivity contribution in [3.8, 4) is 0 Å². The van der Waals surface area contributed by atoms with Gasteiger partial charge in [0.2, 0.25) is 5.91 Å². The third-order valence-corrected chi connectivity index (χ3v) is 3.25. The number of halogens is 2. The third-order valence-electron chi connectivity index (χ3n) is 2.42. The third kappa shape index (κ3) is 2.34. The maximum Gasteiger partial charge on any atom is 0.228 e. The summed E-state index contributed by atoms with van der Waals surface area (Å²) < 4.78 is 0. The van der Waals surface area contributed by atoms with Crippen LogP contribution in [-0.4, -0.2) is 17.3 Å². The summed E-state index contributed by atoms with van der Waals surface area (Å²) in [6.07, 6.45) is 0.561. The molecule has 1 aliphatic heterocycles. The van der Waals surface area contributed by atoms with Gasteiger partial charge in [0.1, 0.15) is 0 Å². The highest BCUT2D eigenvalue weighted by molar-refractivity contribution is 9.09. The first-order valence-electron chi connectivity index (χ1n) is 4.78. The molecule has 1 aromatic carbocycles. The predicted molar refractivity (Wildman–Crippen MR) is 65.9 cm³/mol. The van der Waals surface area contributed by atoms with E-state index in [-0.39, 0.29) is 10.7 Å². The number of rotatable bonds is 1. The fourth-order valence-corrected chi connectivity index (χ4v) is 2.64. The van der Waals surface area contributed by atoms with Crippen molar-refractivity contribution in [1.82, 2.24) is 0 Å². The van der Waals surface area contributed by atoms with E-state index in [9.17, 15) is 4.79 Å². The maximum atomic E-state index is 11.7. The summed E-state index contributed by atoms with van der Waals surface area (Å²) >= 11 is 9.42. The van der Waals surface area contributed by atoms with Crippen molar-refractivity contribution in [3.63, 3.8) is 0 Å². The lowest BCUT2D eigenvalue weighted by Gasteiger charge is -2.16. The van der Waals surface area contributed by atoms with E-state index >= 15 is 0 Å². The molecule has 2 nitrogen and oxygen atoms in total. The molecule has 15 heavy (non-hydrogen) atoms. The Kier molecular flexibility index (Phi) is 3.03. The molecule has 0 bridgehead atoms. The van der Waals surface area contributed by atoms with Gasteiger partial charge in [0.25, 0.3) is 0 Å². The van der Waals surface area contributed by atoms with E-state index < -0.39 is 0 Å². The highest BCUT2D eigenvalue weighted by Gasteiger charge is 2.28. The molecule has 0 aliphatic carbocycles. The average molecular weight is 289 g/mol. The van der Waals surface area contributed by atoms with Gasteiger partial charge in [-0.1, -0.05) is 27.5 Å². The van der Waals surface area contributed by atoms with E-state index in [2.05, 4.69) is 15.9 Å². The lowest BCUT2D eigenvalue weighted by atomic mass is 10.2. The number of alkyl halides is 1. The van der Waals surface area contributed by atoms with Gasteiger partial charge in [0, 0.05) is 28.5 Å². The van der Waals surface area contributed by atoms with Crippen LogP contribution in [0.2, 0.25) is 5.02 Å². The molecule has 0 saturated carbocycles. The summed E-state index contributed by atoms with van der Waals surface area (Å²) in [5.41, 5.74) is 1.97. The first-order valence-corrected chi connectivity index (χ1v) is 6.07. The average Bonchev–Trinajstić information content (AvgIpc) is 2.43. The number of aryl methyl sites for hydroxylation is 1. The van der Waals surface area contributed by atoms with Crippen LogP contribution in [0.4, 0.5) is 5.69 Å². The molecule has 4 heteroatoms. The number of amides is 1. The second-order valence-corrected chi connectivity index (χ2v) is 5.52. The van der Waals surface area contributed by atoms with E-state index in [0.717, 1.165) is 17.8 Å². The molecule has 0 spiro atoms. The molecule has 1 unspecified atom stereocenters. The van der Waals surface area contributed by atoms with Crippen LogP contribution in [0.15, 0.2) is 18.2 Å². The molecule has 0 N–H and O–H groups in total. The largest absolute Gasteiger partial charge is 0.311 e. The Morgan fingerprint density at radius 3 is 2.73 bits per heavy atom. The minimum atomic E-state index is 0.151. The van der Waals surface area contributed by atoms with Gasteiger partial charge in [-0.25, -0.2) is 0 Å². The van der Waals surface area contributed by atoms with Gasteiger partial charge in [-0.3, -0.25) is 4.79 Å². The Labute approximate surface area is 102 Å². The minimum Gasteiger partial charge on any atom is -0.311 e. The summed E-state index contributed by atoms with van der Waals surface area (Å²) in [4.78, 5) is 13.7.